The number of nitrogens with two attached hydrogens (primary N) is 1. The number of nitrogens with zero attached hydrogens (tertiary/aromatic N) is 2. The molecule has 4 aromatic rings. The molecule has 2 aromatic carbocycles. The topological polar surface area (TPSA) is 130 Å². The average molecular weight is 655 g/mol. The molecule has 9 nitrogen and oxygen atoms in total. The standard InChI is InChI=1S/C27H20BrF5N4O5/c1-13-2-3-14(10-35-13)11-36-26(39)40-12-19(41-18-9-8-17(29)20(21(18)30)24(34)38)25-37-22(23(28)42-25)15-4-6-16(7-5-15)27(31,32)33/h2-10,19H,11-12H2,1H3,(H2,34,38)(H,36,39). The molecule has 0 saturated heterocycles. The minimum atomic E-state index is -4.56. The van der Waals surface area contributed by atoms with Crippen LogP contribution in [0.5, 0.6) is 5.75 Å². The Bertz CT molecular complexity index is 1590. The number of hydrogen-bond acceptors (Lipinski definition) is 7. The molecule has 2 heterocycles. The molecule has 3 N–H and O–H groups in total. The van der Waals surface area contributed by atoms with Crippen molar-refractivity contribution < 1.29 is 45.4 Å². The number of halogens is 6. The fourth-order valence-corrected chi connectivity index (χ4v) is 4.07. The van der Waals surface area contributed by atoms with Crippen molar-refractivity contribution in [3.63, 3.8) is 0 Å². The molecular weight excluding hydrogens is 635 g/mol. The molecule has 0 fully saturated rings. The van der Waals surface area contributed by atoms with Gasteiger partial charge in [0.1, 0.15) is 23.7 Å². The van der Waals surface area contributed by atoms with E-state index in [4.69, 9.17) is 19.6 Å². The SMILES string of the molecule is Cc1ccc(CNC(=O)OCC(Oc2ccc(F)c(C(N)=O)c2F)c2nc(-c3ccc(C(F)(F)F)cc3)c(Br)o2)cn1. The number of hydrogen-bond donors (Lipinski definition) is 2. The number of aromatic nitrogens is 2. The summed E-state index contributed by atoms with van der Waals surface area (Å²) in [7, 11) is 0. The van der Waals surface area contributed by atoms with Crippen LogP contribution in [0.25, 0.3) is 11.3 Å². The van der Waals surface area contributed by atoms with Crippen LogP contribution in [0.4, 0.5) is 26.7 Å². The summed E-state index contributed by atoms with van der Waals surface area (Å²) in [5, 5.41) is 2.50. The van der Waals surface area contributed by atoms with E-state index in [1.54, 1.807) is 25.3 Å². The molecule has 1 atom stereocenters. The number of pyridine rings is 1. The number of ether oxygens (including phenoxy) is 2. The predicted molar refractivity (Wildman–Crippen MR) is 140 cm³/mol. The summed E-state index contributed by atoms with van der Waals surface area (Å²) in [4.78, 5) is 32.3. The zero-order chi connectivity index (χ0) is 30.6. The Labute approximate surface area is 243 Å². The van der Waals surface area contributed by atoms with Gasteiger partial charge in [-0.25, -0.2) is 18.6 Å². The first-order valence-corrected chi connectivity index (χ1v) is 12.7. The molecule has 0 radical (unpaired) electrons. The largest absolute Gasteiger partial charge is 0.474 e. The van der Waals surface area contributed by atoms with E-state index in [1.807, 2.05) is 0 Å². The normalized spacial score (nSPS) is 12.1. The highest BCUT2D eigenvalue weighted by Crippen LogP contribution is 2.36. The zero-order valence-electron chi connectivity index (χ0n) is 21.5. The van der Waals surface area contributed by atoms with Crippen molar-refractivity contribution in [2.45, 2.75) is 25.7 Å². The van der Waals surface area contributed by atoms with Crippen LogP contribution in [-0.4, -0.2) is 28.6 Å². The Balaban J connectivity index is 1.59. The maximum Gasteiger partial charge on any atom is 0.416 e. The highest BCUT2D eigenvalue weighted by molar-refractivity contribution is 9.10. The van der Waals surface area contributed by atoms with E-state index in [9.17, 15) is 31.5 Å². The van der Waals surface area contributed by atoms with Gasteiger partial charge in [0.2, 0.25) is 12.0 Å². The quantitative estimate of drug-likeness (QED) is 0.204. The van der Waals surface area contributed by atoms with E-state index in [0.29, 0.717) is 5.56 Å². The molecule has 0 aliphatic carbocycles. The first kappa shape index (κ1) is 30.4. The van der Waals surface area contributed by atoms with Gasteiger partial charge in [-0.05, 0) is 58.7 Å². The van der Waals surface area contributed by atoms with Crippen molar-refractivity contribution in [1.82, 2.24) is 15.3 Å². The Morgan fingerprint density at radius 2 is 1.81 bits per heavy atom. The molecule has 1 unspecified atom stereocenters. The Morgan fingerprint density at radius 1 is 1.10 bits per heavy atom. The second-order valence-electron chi connectivity index (χ2n) is 8.71. The molecule has 0 bridgehead atoms. The van der Waals surface area contributed by atoms with Crippen LogP contribution >= 0.6 is 15.9 Å². The molecule has 42 heavy (non-hydrogen) atoms. The van der Waals surface area contributed by atoms with Crippen LogP contribution in [-0.2, 0) is 17.5 Å². The fraction of sp³-hybridized carbons (Fsp3) is 0.185. The van der Waals surface area contributed by atoms with Crippen molar-refractivity contribution in [3.8, 4) is 17.0 Å². The highest BCUT2D eigenvalue weighted by atomic mass is 79.9. The number of primary amides is 1. The number of alkyl halides is 3. The predicted octanol–water partition coefficient (Wildman–Crippen LogP) is 6.25. The van der Waals surface area contributed by atoms with E-state index in [2.05, 4.69) is 31.2 Å². The number of amides is 2. The summed E-state index contributed by atoms with van der Waals surface area (Å²) >= 11 is 3.14. The lowest BCUT2D eigenvalue weighted by molar-refractivity contribution is -0.137. The lowest BCUT2D eigenvalue weighted by atomic mass is 10.1. The first-order chi connectivity index (χ1) is 19.8. The molecule has 0 saturated carbocycles. The molecule has 4 rings (SSSR count). The molecule has 0 aliphatic rings. The monoisotopic (exact) mass is 654 g/mol. The number of alkyl carbamates (subject to hydrolysis) is 1. The van der Waals surface area contributed by atoms with Crippen molar-refractivity contribution >= 4 is 27.9 Å². The average Bonchev–Trinajstić information content (AvgIpc) is 3.32. The van der Waals surface area contributed by atoms with Crippen molar-refractivity contribution in [1.29, 1.82) is 0 Å². The Hall–Kier alpha value is -4.53. The van der Waals surface area contributed by atoms with Gasteiger partial charge < -0.3 is 24.9 Å². The van der Waals surface area contributed by atoms with Gasteiger partial charge in [0.15, 0.2) is 16.2 Å². The summed E-state index contributed by atoms with van der Waals surface area (Å²) in [6.45, 7) is 1.24. The van der Waals surface area contributed by atoms with Gasteiger partial charge in [0, 0.05) is 24.0 Å². The van der Waals surface area contributed by atoms with Crippen molar-refractivity contribution in [2.75, 3.05) is 6.61 Å². The minimum Gasteiger partial charge on any atom is -0.474 e. The smallest absolute Gasteiger partial charge is 0.416 e. The van der Waals surface area contributed by atoms with Crippen LogP contribution < -0.4 is 15.8 Å². The third kappa shape index (κ3) is 7.21. The number of benzene rings is 2. The van der Waals surface area contributed by atoms with Gasteiger partial charge >= 0.3 is 12.3 Å². The van der Waals surface area contributed by atoms with Gasteiger partial charge in [0.05, 0.1) is 5.56 Å². The van der Waals surface area contributed by atoms with E-state index in [-0.39, 0.29) is 28.4 Å². The van der Waals surface area contributed by atoms with Gasteiger partial charge in [-0.15, -0.1) is 0 Å². The van der Waals surface area contributed by atoms with Gasteiger partial charge in [-0.1, -0.05) is 18.2 Å². The van der Waals surface area contributed by atoms with E-state index >= 15 is 0 Å². The number of oxazole rings is 1. The molecule has 2 amide bonds. The van der Waals surface area contributed by atoms with Crippen LogP contribution in [0, 0.1) is 18.6 Å². The van der Waals surface area contributed by atoms with Crippen LogP contribution in [0.1, 0.15) is 39.2 Å². The number of aryl methyl sites for hydroxylation is 1. The second-order valence-corrected chi connectivity index (χ2v) is 9.43. The van der Waals surface area contributed by atoms with Crippen LogP contribution in [0.3, 0.4) is 0 Å². The maximum atomic E-state index is 14.9. The molecule has 0 aliphatic heterocycles. The molecule has 15 heteroatoms. The summed E-state index contributed by atoms with van der Waals surface area (Å²) in [6.07, 6.45) is -5.38. The summed E-state index contributed by atoms with van der Waals surface area (Å²) in [5.74, 6) is -4.98. The van der Waals surface area contributed by atoms with E-state index in [1.165, 1.54) is 0 Å². The highest BCUT2D eigenvalue weighted by Gasteiger charge is 2.31. The number of carbonyl (C=O) groups is 2. The molecule has 2 aromatic heterocycles. The van der Waals surface area contributed by atoms with E-state index < -0.39 is 59.4 Å². The number of rotatable bonds is 9. The fourth-order valence-electron chi connectivity index (χ4n) is 3.59. The minimum absolute atomic E-state index is 0.0282. The van der Waals surface area contributed by atoms with Crippen LogP contribution in [0.15, 0.2) is 63.8 Å². The number of nitrogens with one attached hydrogen (secondary N) is 1. The van der Waals surface area contributed by atoms with E-state index in [0.717, 1.165) is 42.1 Å². The number of carbonyl (C=O) groups excluding carboxylic acids is 2. The molecule has 0 spiro atoms. The third-order valence-electron chi connectivity index (χ3n) is 5.71. The van der Waals surface area contributed by atoms with Crippen LogP contribution in [0.2, 0.25) is 0 Å². The zero-order valence-corrected chi connectivity index (χ0v) is 23.1. The van der Waals surface area contributed by atoms with Gasteiger partial charge in [0.25, 0.3) is 5.91 Å². The molecule has 220 valence electrons. The third-order valence-corrected chi connectivity index (χ3v) is 6.25. The summed E-state index contributed by atoms with van der Waals surface area (Å²) < 4.78 is 84.2. The van der Waals surface area contributed by atoms with Crippen molar-refractivity contribution in [2.24, 2.45) is 5.73 Å². The lowest BCUT2D eigenvalue weighted by Gasteiger charge is -2.18. The molecular formula is C27H20BrF5N4O5. The first-order valence-electron chi connectivity index (χ1n) is 11.9. The summed E-state index contributed by atoms with van der Waals surface area (Å²) in [5.41, 5.74) is 4.86. The summed E-state index contributed by atoms with van der Waals surface area (Å²) in [6, 6.07) is 9.14. The van der Waals surface area contributed by atoms with Gasteiger partial charge in [-0.3, -0.25) is 9.78 Å². The lowest BCUT2D eigenvalue weighted by Crippen LogP contribution is -2.27. The Kier molecular flexibility index (Phi) is 9.09. The second kappa shape index (κ2) is 12.5. The Morgan fingerprint density at radius 3 is 2.43 bits per heavy atom. The van der Waals surface area contributed by atoms with Gasteiger partial charge in [-0.2, -0.15) is 13.2 Å². The van der Waals surface area contributed by atoms with Crippen molar-refractivity contribution in [3.05, 3.63) is 99.3 Å². The maximum absolute atomic E-state index is 14.9.